The van der Waals surface area contributed by atoms with Crippen LogP contribution >= 0.6 is 15.9 Å². The van der Waals surface area contributed by atoms with Crippen molar-refractivity contribution in [2.75, 3.05) is 0 Å². The molecular formula is C14H22BrN5. The van der Waals surface area contributed by atoms with Gasteiger partial charge in [0.15, 0.2) is 0 Å². The van der Waals surface area contributed by atoms with Crippen LogP contribution in [0.15, 0.2) is 17.0 Å². The van der Waals surface area contributed by atoms with Gasteiger partial charge in [-0.05, 0) is 36.2 Å². The summed E-state index contributed by atoms with van der Waals surface area (Å²) in [5, 5.41) is 4.61. The lowest BCUT2D eigenvalue weighted by Crippen LogP contribution is -2.17. The topological polar surface area (TPSA) is 61.7 Å². The molecule has 6 heteroatoms. The molecule has 0 aliphatic rings. The Hall–Kier alpha value is -1.14. The molecule has 0 saturated carbocycles. The fourth-order valence-corrected chi connectivity index (χ4v) is 2.96. The van der Waals surface area contributed by atoms with Gasteiger partial charge in [-0.1, -0.05) is 6.92 Å². The first-order valence-corrected chi connectivity index (χ1v) is 7.84. The van der Waals surface area contributed by atoms with Crippen molar-refractivity contribution in [3.63, 3.8) is 0 Å². The Morgan fingerprint density at radius 1 is 1.40 bits per heavy atom. The van der Waals surface area contributed by atoms with Crippen LogP contribution in [-0.4, -0.2) is 25.4 Å². The molecule has 0 bridgehead atoms. The van der Waals surface area contributed by atoms with E-state index in [1.807, 2.05) is 17.9 Å². The molecule has 110 valence electrons. The van der Waals surface area contributed by atoms with Crippen molar-refractivity contribution in [2.45, 2.75) is 52.7 Å². The van der Waals surface area contributed by atoms with Crippen LogP contribution in [0.4, 0.5) is 0 Å². The van der Waals surface area contributed by atoms with Crippen LogP contribution in [-0.2, 0) is 25.9 Å². The van der Waals surface area contributed by atoms with E-state index in [2.05, 4.69) is 50.6 Å². The smallest absolute Gasteiger partial charge is 0.0953 e. The van der Waals surface area contributed by atoms with Crippen LogP contribution < -0.4 is 5.73 Å². The first-order valence-electron chi connectivity index (χ1n) is 7.05. The molecule has 2 heterocycles. The fraction of sp³-hybridized carbons (Fsp3) is 0.571. The number of nitrogens with two attached hydrogens (primary N) is 1. The molecule has 2 aromatic rings. The van der Waals surface area contributed by atoms with Gasteiger partial charge in [-0.15, -0.1) is 0 Å². The average Bonchev–Trinajstić information content (AvgIpc) is 2.95. The normalized spacial score (nSPS) is 12.8. The van der Waals surface area contributed by atoms with Crippen molar-refractivity contribution in [3.05, 3.63) is 34.1 Å². The van der Waals surface area contributed by atoms with Crippen molar-refractivity contribution in [2.24, 2.45) is 5.73 Å². The van der Waals surface area contributed by atoms with E-state index in [0.29, 0.717) is 0 Å². The number of nitrogens with zero attached hydrogens (tertiary/aromatic N) is 4. The van der Waals surface area contributed by atoms with Crippen LogP contribution in [0.2, 0.25) is 0 Å². The van der Waals surface area contributed by atoms with Gasteiger partial charge >= 0.3 is 0 Å². The van der Waals surface area contributed by atoms with Crippen molar-refractivity contribution < 1.29 is 0 Å². The first-order chi connectivity index (χ1) is 9.55. The first kappa shape index (κ1) is 15.3. The number of hydrogen-bond donors (Lipinski definition) is 1. The number of aryl methyl sites for hydroxylation is 2. The maximum atomic E-state index is 5.81. The number of rotatable bonds is 6. The average molecular weight is 340 g/mol. The third-order valence-electron chi connectivity index (χ3n) is 3.24. The van der Waals surface area contributed by atoms with Crippen LogP contribution in [0.25, 0.3) is 0 Å². The zero-order chi connectivity index (χ0) is 14.7. The molecule has 2 aromatic heterocycles. The zero-order valence-electron chi connectivity index (χ0n) is 12.3. The molecule has 1 atom stereocenters. The third-order valence-corrected chi connectivity index (χ3v) is 4.16. The van der Waals surface area contributed by atoms with Gasteiger partial charge in [-0.2, -0.15) is 5.10 Å². The van der Waals surface area contributed by atoms with Crippen molar-refractivity contribution in [3.8, 4) is 0 Å². The third kappa shape index (κ3) is 3.30. The number of aromatic nitrogens is 4. The second kappa shape index (κ2) is 6.54. The Morgan fingerprint density at radius 3 is 2.75 bits per heavy atom. The monoisotopic (exact) mass is 339 g/mol. The second-order valence-electron chi connectivity index (χ2n) is 5.10. The van der Waals surface area contributed by atoms with Gasteiger partial charge in [0.2, 0.25) is 0 Å². The molecule has 0 fully saturated rings. The highest BCUT2D eigenvalue weighted by Crippen LogP contribution is 2.23. The predicted octanol–water partition coefficient (Wildman–Crippen LogP) is 2.36. The lowest BCUT2D eigenvalue weighted by Gasteiger charge is -2.06. The van der Waals surface area contributed by atoms with E-state index in [1.54, 1.807) is 0 Å². The van der Waals surface area contributed by atoms with Crippen LogP contribution in [0.3, 0.4) is 0 Å². The van der Waals surface area contributed by atoms with Crippen molar-refractivity contribution in [1.82, 2.24) is 19.3 Å². The Kier molecular flexibility index (Phi) is 4.99. The Labute approximate surface area is 128 Å². The Bertz CT molecular complexity index is 570. The van der Waals surface area contributed by atoms with Gasteiger partial charge in [-0.25, -0.2) is 4.98 Å². The zero-order valence-corrected chi connectivity index (χ0v) is 13.9. The summed E-state index contributed by atoms with van der Waals surface area (Å²) in [5.41, 5.74) is 9.14. The lowest BCUT2D eigenvalue weighted by molar-refractivity contribution is 0.593. The minimum atomic E-state index is 0.137. The summed E-state index contributed by atoms with van der Waals surface area (Å²) in [6, 6.07) is 0.137. The Balaban J connectivity index is 2.21. The summed E-state index contributed by atoms with van der Waals surface area (Å²) in [5.74, 6) is 0. The minimum absolute atomic E-state index is 0.137. The largest absolute Gasteiger partial charge is 0.331 e. The summed E-state index contributed by atoms with van der Waals surface area (Å²) in [7, 11) is 0. The van der Waals surface area contributed by atoms with E-state index in [-0.39, 0.29) is 6.04 Å². The van der Waals surface area contributed by atoms with Crippen LogP contribution in [0.1, 0.15) is 37.9 Å². The van der Waals surface area contributed by atoms with Gasteiger partial charge in [0.05, 0.1) is 34.4 Å². The molecule has 0 radical (unpaired) electrons. The molecule has 0 aliphatic carbocycles. The number of hydrogen-bond acceptors (Lipinski definition) is 3. The molecule has 2 N–H and O–H groups in total. The second-order valence-corrected chi connectivity index (χ2v) is 5.89. The molecule has 20 heavy (non-hydrogen) atoms. The van der Waals surface area contributed by atoms with Gasteiger partial charge in [-0.3, -0.25) is 4.68 Å². The highest BCUT2D eigenvalue weighted by Gasteiger charge is 2.14. The molecule has 0 aromatic carbocycles. The van der Waals surface area contributed by atoms with Crippen molar-refractivity contribution >= 4 is 15.9 Å². The standard InChI is InChI=1S/C14H22BrN5/c1-4-12-14(15)13(20(5-2)18-12)8-19-7-11(17-9-19)6-10(3)16/h7,9-10H,4-6,8,16H2,1-3H3. The molecule has 0 spiro atoms. The van der Waals surface area contributed by atoms with Gasteiger partial charge in [0.25, 0.3) is 0 Å². The van der Waals surface area contributed by atoms with E-state index in [9.17, 15) is 0 Å². The van der Waals surface area contributed by atoms with Gasteiger partial charge < -0.3 is 10.3 Å². The summed E-state index contributed by atoms with van der Waals surface area (Å²) >= 11 is 3.67. The van der Waals surface area contributed by atoms with Crippen LogP contribution in [0, 0.1) is 0 Å². The van der Waals surface area contributed by atoms with Gasteiger partial charge in [0.1, 0.15) is 0 Å². The molecule has 0 amide bonds. The van der Waals surface area contributed by atoms with Crippen molar-refractivity contribution in [1.29, 1.82) is 0 Å². The molecule has 5 nitrogen and oxygen atoms in total. The summed E-state index contributed by atoms with van der Waals surface area (Å²) < 4.78 is 5.25. The van der Waals surface area contributed by atoms with E-state index in [4.69, 9.17) is 5.73 Å². The predicted molar refractivity (Wildman–Crippen MR) is 83.7 cm³/mol. The van der Waals surface area contributed by atoms with E-state index in [0.717, 1.165) is 41.8 Å². The molecule has 0 saturated heterocycles. The summed E-state index contributed by atoms with van der Waals surface area (Å²) in [4.78, 5) is 4.40. The van der Waals surface area contributed by atoms with E-state index in [1.165, 1.54) is 5.69 Å². The fourth-order valence-electron chi connectivity index (χ4n) is 2.27. The molecule has 0 aliphatic heterocycles. The maximum absolute atomic E-state index is 5.81. The summed E-state index contributed by atoms with van der Waals surface area (Å²) in [6.07, 6.45) is 5.67. The lowest BCUT2D eigenvalue weighted by atomic mass is 10.2. The quantitative estimate of drug-likeness (QED) is 0.878. The van der Waals surface area contributed by atoms with Crippen LogP contribution in [0.5, 0.6) is 0 Å². The number of imidazole rings is 1. The SMILES string of the molecule is CCc1nn(CC)c(Cn2cnc(CC(C)N)c2)c1Br. The maximum Gasteiger partial charge on any atom is 0.0953 e. The number of halogens is 1. The minimum Gasteiger partial charge on any atom is -0.331 e. The Morgan fingerprint density at radius 2 is 2.15 bits per heavy atom. The molecule has 1 unspecified atom stereocenters. The highest BCUT2D eigenvalue weighted by atomic mass is 79.9. The summed E-state index contributed by atoms with van der Waals surface area (Å²) in [6.45, 7) is 7.87. The van der Waals surface area contributed by atoms with Gasteiger partial charge in [0, 0.05) is 25.2 Å². The van der Waals surface area contributed by atoms with E-state index >= 15 is 0 Å². The molecule has 2 rings (SSSR count). The van der Waals surface area contributed by atoms with E-state index < -0.39 is 0 Å². The molecular weight excluding hydrogens is 318 g/mol. The highest BCUT2D eigenvalue weighted by molar-refractivity contribution is 9.10.